The van der Waals surface area contributed by atoms with Crippen LogP contribution in [0.2, 0.25) is 0 Å². The van der Waals surface area contributed by atoms with E-state index in [0.29, 0.717) is 25.6 Å². The first-order valence-corrected chi connectivity index (χ1v) is 11.8. The first-order chi connectivity index (χ1) is 15.5. The zero-order chi connectivity index (χ0) is 24.2. The second-order valence-corrected chi connectivity index (χ2v) is 9.65. The molecule has 2 aromatic rings. The Bertz CT molecular complexity index is 1120. The SMILES string of the molecule is CC(CNC(=O)c1ccc(S(=O)(=O)Nc2cccc(C(F)(F)F)c2)cc1)CN1CCCC1=O. The van der Waals surface area contributed by atoms with Crippen LogP contribution in [0.5, 0.6) is 0 Å². The highest BCUT2D eigenvalue weighted by atomic mass is 32.2. The Morgan fingerprint density at radius 3 is 2.45 bits per heavy atom. The van der Waals surface area contributed by atoms with Crippen molar-refractivity contribution in [2.75, 3.05) is 24.4 Å². The minimum Gasteiger partial charge on any atom is -0.352 e. The molecular formula is C22H24F3N3O4S. The third-order valence-electron chi connectivity index (χ3n) is 5.18. The molecule has 7 nitrogen and oxygen atoms in total. The van der Waals surface area contributed by atoms with E-state index in [1.54, 1.807) is 4.90 Å². The minimum atomic E-state index is -4.60. The van der Waals surface area contributed by atoms with Crippen molar-refractivity contribution in [3.63, 3.8) is 0 Å². The van der Waals surface area contributed by atoms with Crippen molar-refractivity contribution in [2.45, 2.75) is 30.8 Å². The number of anilines is 1. The Labute approximate surface area is 190 Å². The maximum Gasteiger partial charge on any atom is 0.416 e. The van der Waals surface area contributed by atoms with Gasteiger partial charge in [0.2, 0.25) is 5.91 Å². The molecule has 0 aliphatic carbocycles. The topological polar surface area (TPSA) is 95.6 Å². The molecular weight excluding hydrogens is 459 g/mol. The fourth-order valence-electron chi connectivity index (χ4n) is 3.47. The van der Waals surface area contributed by atoms with E-state index in [4.69, 9.17) is 0 Å². The molecule has 178 valence electrons. The van der Waals surface area contributed by atoms with Crippen molar-refractivity contribution < 1.29 is 31.2 Å². The number of likely N-dealkylation sites (tertiary alicyclic amines) is 1. The van der Waals surface area contributed by atoms with Crippen molar-refractivity contribution in [3.05, 3.63) is 59.7 Å². The number of amides is 2. The third kappa shape index (κ3) is 6.47. The van der Waals surface area contributed by atoms with Gasteiger partial charge >= 0.3 is 6.18 Å². The highest BCUT2D eigenvalue weighted by Crippen LogP contribution is 2.31. The first-order valence-electron chi connectivity index (χ1n) is 10.3. The highest BCUT2D eigenvalue weighted by Gasteiger charge is 2.30. The van der Waals surface area contributed by atoms with Gasteiger partial charge in [0.25, 0.3) is 15.9 Å². The molecule has 1 unspecified atom stereocenters. The van der Waals surface area contributed by atoms with E-state index >= 15 is 0 Å². The van der Waals surface area contributed by atoms with Gasteiger partial charge in [0.15, 0.2) is 0 Å². The predicted octanol–water partition coefficient (Wildman–Crippen LogP) is 3.49. The lowest BCUT2D eigenvalue weighted by molar-refractivity contribution is -0.137. The molecule has 1 fully saturated rings. The summed E-state index contributed by atoms with van der Waals surface area (Å²) in [6, 6.07) is 8.93. The van der Waals surface area contributed by atoms with E-state index < -0.39 is 27.7 Å². The van der Waals surface area contributed by atoms with E-state index in [9.17, 15) is 31.2 Å². The van der Waals surface area contributed by atoms with Gasteiger partial charge in [-0.1, -0.05) is 13.0 Å². The zero-order valence-electron chi connectivity index (χ0n) is 17.9. The zero-order valence-corrected chi connectivity index (χ0v) is 18.7. The number of nitrogens with one attached hydrogen (secondary N) is 2. The molecule has 2 aromatic carbocycles. The maximum atomic E-state index is 12.8. The average molecular weight is 484 g/mol. The average Bonchev–Trinajstić information content (AvgIpc) is 3.15. The van der Waals surface area contributed by atoms with Gasteiger partial charge < -0.3 is 10.2 Å². The molecule has 11 heteroatoms. The second kappa shape index (κ2) is 9.82. The molecule has 1 aliphatic rings. The Hall–Kier alpha value is -3.08. The van der Waals surface area contributed by atoms with Gasteiger partial charge in [-0.25, -0.2) is 8.42 Å². The number of benzene rings is 2. The van der Waals surface area contributed by atoms with Crippen LogP contribution in [0.25, 0.3) is 0 Å². The fourth-order valence-corrected chi connectivity index (χ4v) is 4.51. The summed E-state index contributed by atoms with van der Waals surface area (Å²) >= 11 is 0. The molecule has 1 aliphatic heterocycles. The summed E-state index contributed by atoms with van der Waals surface area (Å²) in [5.74, 6) is -0.236. The molecule has 0 radical (unpaired) electrons. The summed E-state index contributed by atoms with van der Waals surface area (Å²) in [6.07, 6.45) is -3.20. The maximum absolute atomic E-state index is 12.8. The number of carbonyl (C=O) groups excluding carboxylic acids is 2. The van der Waals surface area contributed by atoms with Crippen LogP contribution in [0.3, 0.4) is 0 Å². The van der Waals surface area contributed by atoms with E-state index in [1.807, 2.05) is 6.92 Å². The number of halogens is 3. The number of alkyl halides is 3. The van der Waals surface area contributed by atoms with Crippen molar-refractivity contribution >= 4 is 27.5 Å². The van der Waals surface area contributed by atoms with Crippen LogP contribution in [0.1, 0.15) is 35.7 Å². The van der Waals surface area contributed by atoms with Crippen LogP contribution in [0.15, 0.2) is 53.4 Å². The summed E-state index contributed by atoms with van der Waals surface area (Å²) in [4.78, 5) is 25.6. The standard InChI is InChI=1S/C22H24F3N3O4S/c1-15(14-28-11-3-6-20(28)29)13-26-21(30)16-7-9-19(10-8-16)33(31,32)27-18-5-2-4-17(12-18)22(23,24)25/h2,4-5,7-10,12,15,27H,3,6,11,13-14H2,1H3,(H,26,30). The van der Waals surface area contributed by atoms with Crippen molar-refractivity contribution in [1.82, 2.24) is 10.2 Å². The minimum absolute atomic E-state index is 0.0484. The molecule has 1 saturated heterocycles. The Balaban J connectivity index is 1.59. The van der Waals surface area contributed by atoms with Crippen LogP contribution < -0.4 is 10.0 Å². The van der Waals surface area contributed by atoms with Gasteiger partial charge in [0, 0.05) is 37.3 Å². The van der Waals surface area contributed by atoms with Crippen LogP contribution in [-0.2, 0) is 21.0 Å². The number of hydrogen-bond acceptors (Lipinski definition) is 4. The number of rotatable bonds is 8. The third-order valence-corrected chi connectivity index (χ3v) is 6.58. The lowest BCUT2D eigenvalue weighted by Gasteiger charge is -2.21. The van der Waals surface area contributed by atoms with E-state index in [-0.39, 0.29) is 28.0 Å². The van der Waals surface area contributed by atoms with Gasteiger partial charge in [0.1, 0.15) is 0 Å². The van der Waals surface area contributed by atoms with Gasteiger partial charge in [0.05, 0.1) is 10.5 Å². The van der Waals surface area contributed by atoms with Crippen molar-refractivity contribution in [2.24, 2.45) is 5.92 Å². The molecule has 33 heavy (non-hydrogen) atoms. The van der Waals surface area contributed by atoms with Crippen LogP contribution in [-0.4, -0.2) is 44.8 Å². The summed E-state index contributed by atoms with van der Waals surface area (Å²) in [6.45, 7) is 3.54. The molecule has 0 aromatic heterocycles. The lowest BCUT2D eigenvalue weighted by atomic mass is 10.1. The van der Waals surface area contributed by atoms with Gasteiger partial charge in [-0.15, -0.1) is 0 Å². The highest BCUT2D eigenvalue weighted by molar-refractivity contribution is 7.92. The monoisotopic (exact) mass is 483 g/mol. The molecule has 2 amide bonds. The van der Waals surface area contributed by atoms with E-state index in [1.165, 1.54) is 30.3 Å². The summed E-state index contributed by atoms with van der Waals surface area (Å²) in [5, 5.41) is 2.76. The largest absolute Gasteiger partial charge is 0.416 e. The lowest BCUT2D eigenvalue weighted by Crippen LogP contribution is -2.36. The second-order valence-electron chi connectivity index (χ2n) is 7.97. The smallest absolute Gasteiger partial charge is 0.352 e. The Morgan fingerprint density at radius 2 is 1.85 bits per heavy atom. The molecule has 1 heterocycles. The van der Waals surface area contributed by atoms with Gasteiger partial charge in [-0.3, -0.25) is 14.3 Å². The number of sulfonamides is 1. The van der Waals surface area contributed by atoms with Crippen molar-refractivity contribution in [1.29, 1.82) is 0 Å². The Kier molecular flexibility index (Phi) is 7.31. The molecule has 0 saturated carbocycles. The van der Waals surface area contributed by atoms with Crippen LogP contribution in [0, 0.1) is 5.92 Å². The molecule has 2 N–H and O–H groups in total. The molecule has 1 atom stereocenters. The van der Waals surface area contributed by atoms with Crippen LogP contribution >= 0.6 is 0 Å². The quantitative estimate of drug-likeness (QED) is 0.601. The number of carbonyl (C=O) groups is 2. The molecule has 0 bridgehead atoms. The van der Waals surface area contributed by atoms with E-state index in [0.717, 1.165) is 25.1 Å². The van der Waals surface area contributed by atoms with E-state index in [2.05, 4.69) is 10.0 Å². The Morgan fingerprint density at radius 1 is 1.15 bits per heavy atom. The predicted molar refractivity (Wildman–Crippen MR) is 116 cm³/mol. The normalized spacial score (nSPS) is 15.4. The van der Waals surface area contributed by atoms with Crippen LogP contribution in [0.4, 0.5) is 18.9 Å². The van der Waals surface area contributed by atoms with Gasteiger partial charge in [-0.2, -0.15) is 13.2 Å². The summed E-state index contributed by atoms with van der Waals surface area (Å²) < 4.78 is 65.7. The van der Waals surface area contributed by atoms with Crippen molar-refractivity contribution in [3.8, 4) is 0 Å². The number of hydrogen-bond donors (Lipinski definition) is 2. The fraction of sp³-hybridized carbons (Fsp3) is 0.364. The van der Waals surface area contributed by atoms with Gasteiger partial charge in [-0.05, 0) is 54.8 Å². The first kappa shape index (κ1) is 24.6. The number of nitrogens with zero attached hydrogens (tertiary/aromatic N) is 1. The summed E-state index contributed by atoms with van der Waals surface area (Å²) in [5.41, 5.74) is -0.965. The molecule has 0 spiro atoms. The summed E-state index contributed by atoms with van der Waals surface area (Å²) in [7, 11) is -4.15. The molecule has 3 rings (SSSR count).